The Balaban J connectivity index is 1.19. The van der Waals surface area contributed by atoms with Crippen LogP contribution in [0.1, 0.15) is 28.8 Å². The van der Waals surface area contributed by atoms with Gasteiger partial charge >= 0.3 is 0 Å². The van der Waals surface area contributed by atoms with Crippen molar-refractivity contribution in [3.63, 3.8) is 0 Å². The summed E-state index contributed by atoms with van der Waals surface area (Å²) in [4.78, 5) is 14.6. The largest absolute Gasteiger partial charge is 0.450 e. The molecule has 142 valence electrons. The van der Waals surface area contributed by atoms with E-state index in [4.69, 9.17) is 9.47 Å². The van der Waals surface area contributed by atoms with Crippen molar-refractivity contribution in [1.82, 2.24) is 10.2 Å². The third-order valence-electron chi connectivity index (χ3n) is 5.28. The Labute approximate surface area is 160 Å². The Bertz CT molecular complexity index is 775. The lowest BCUT2D eigenvalue weighted by Crippen LogP contribution is -2.42. The van der Waals surface area contributed by atoms with Gasteiger partial charge in [0.2, 0.25) is 0 Å². The number of amides is 1. The maximum absolute atomic E-state index is 12.6. The number of para-hydroxylation sites is 2. The Hall–Kier alpha value is -2.53. The number of hydrogen-bond acceptors (Lipinski definition) is 4. The fraction of sp³-hybridized carbons (Fsp3) is 0.409. The average Bonchev–Trinajstić information content (AvgIpc) is 3.11. The molecule has 0 atom stereocenters. The molecule has 5 nitrogen and oxygen atoms in total. The van der Waals surface area contributed by atoms with E-state index in [1.165, 1.54) is 0 Å². The van der Waals surface area contributed by atoms with Crippen LogP contribution in [0.4, 0.5) is 0 Å². The van der Waals surface area contributed by atoms with Crippen LogP contribution in [0.25, 0.3) is 0 Å². The van der Waals surface area contributed by atoms with E-state index in [1.54, 1.807) is 0 Å². The van der Waals surface area contributed by atoms with Gasteiger partial charge in [-0.2, -0.15) is 0 Å². The van der Waals surface area contributed by atoms with Gasteiger partial charge < -0.3 is 19.7 Å². The van der Waals surface area contributed by atoms with Crippen LogP contribution >= 0.6 is 0 Å². The number of carbonyl (C=O) groups excluding carboxylic acids is 1. The lowest BCUT2D eigenvalue weighted by atomic mass is 9.96. The zero-order chi connectivity index (χ0) is 18.6. The number of nitrogens with one attached hydrogen (secondary N) is 1. The first-order valence-electron chi connectivity index (χ1n) is 9.68. The lowest BCUT2D eigenvalue weighted by Gasteiger charge is -2.32. The average molecular weight is 366 g/mol. The summed E-state index contributed by atoms with van der Waals surface area (Å²) in [6, 6.07) is 15.6. The standard InChI is InChI=1S/C22H26N2O3/c1-16-5-4-6-18(13-16)22(25)24-11-9-17(10-12-24)14-23-15-21-26-19-7-2-3-8-20(19)27-21/h2-8,13,17,21,23H,9-12,14-15H2,1H3. The molecule has 2 aliphatic heterocycles. The molecular weight excluding hydrogens is 340 g/mol. The molecule has 2 aliphatic rings. The number of likely N-dealkylation sites (tertiary alicyclic amines) is 1. The summed E-state index contributed by atoms with van der Waals surface area (Å²) in [6.45, 7) is 5.25. The number of rotatable bonds is 5. The Kier molecular flexibility index (Phi) is 5.30. The highest BCUT2D eigenvalue weighted by Gasteiger charge is 2.26. The molecule has 2 aromatic rings. The van der Waals surface area contributed by atoms with Crippen LogP contribution < -0.4 is 14.8 Å². The molecule has 1 fully saturated rings. The Morgan fingerprint density at radius 1 is 1.04 bits per heavy atom. The van der Waals surface area contributed by atoms with Crippen molar-refractivity contribution in [2.75, 3.05) is 26.2 Å². The SMILES string of the molecule is Cc1cccc(C(=O)N2CCC(CNCC3Oc4ccccc4O3)CC2)c1. The van der Waals surface area contributed by atoms with E-state index in [2.05, 4.69) is 5.32 Å². The minimum Gasteiger partial charge on any atom is -0.450 e. The molecule has 0 unspecified atom stereocenters. The summed E-state index contributed by atoms with van der Waals surface area (Å²) in [5, 5.41) is 3.46. The molecule has 27 heavy (non-hydrogen) atoms. The first kappa shape index (κ1) is 17.9. The predicted molar refractivity (Wildman–Crippen MR) is 104 cm³/mol. The van der Waals surface area contributed by atoms with Crippen molar-refractivity contribution in [2.45, 2.75) is 26.1 Å². The predicted octanol–water partition coefficient (Wildman–Crippen LogP) is 3.23. The van der Waals surface area contributed by atoms with Crippen LogP contribution in [0.3, 0.4) is 0 Å². The van der Waals surface area contributed by atoms with Crippen LogP contribution in [0, 0.1) is 12.8 Å². The van der Waals surface area contributed by atoms with E-state index in [-0.39, 0.29) is 12.2 Å². The number of ether oxygens (including phenoxy) is 2. The third-order valence-corrected chi connectivity index (χ3v) is 5.28. The molecule has 0 bridgehead atoms. The number of piperidine rings is 1. The van der Waals surface area contributed by atoms with Crippen molar-refractivity contribution in [2.24, 2.45) is 5.92 Å². The summed E-state index contributed by atoms with van der Waals surface area (Å²) in [5.74, 6) is 2.35. The number of benzene rings is 2. The number of carbonyl (C=O) groups is 1. The van der Waals surface area contributed by atoms with Crippen LogP contribution in [0.15, 0.2) is 48.5 Å². The van der Waals surface area contributed by atoms with E-state index in [0.717, 1.165) is 55.1 Å². The Morgan fingerprint density at radius 3 is 2.41 bits per heavy atom. The van der Waals surface area contributed by atoms with Crippen LogP contribution in [0.5, 0.6) is 11.5 Å². The first-order valence-corrected chi connectivity index (χ1v) is 9.68. The molecule has 0 radical (unpaired) electrons. The summed E-state index contributed by atoms with van der Waals surface area (Å²) in [7, 11) is 0. The molecular formula is C22H26N2O3. The minimum absolute atomic E-state index is 0.149. The molecule has 1 amide bonds. The van der Waals surface area contributed by atoms with Gasteiger partial charge in [0.25, 0.3) is 12.2 Å². The van der Waals surface area contributed by atoms with Gasteiger partial charge in [0.05, 0.1) is 6.54 Å². The van der Waals surface area contributed by atoms with Gasteiger partial charge in [-0.1, -0.05) is 29.8 Å². The highest BCUT2D eigenvalue weighted by Crippen LogP contribution is 2.33. The zero-order valence-electron chi connectivity index (χ0n) is 15.7. The van der Waals surface area contributed by atoms with Gasteiger partial charge in [-0.25, -0.2) is 0 Å². The van der Waals surface area contributed by atoms with Crippen LogP contribution in [-0.2, 0) is 0 Å². The summed E-state index contributed by atoms with van der Waals surface area (Å²) >= 11 is 0. The summed E-state index contributed by atoms with van der Waals surface area (Å²) in [5.41, 5.74) is 1.92. The molecule has 5 heteroatoms. The fourth-order valence-electron chi connectivity index (χ4n) is 3.74. The second kappa shape index (κ2) is 8.01. The molecule has 0 aromatic heterocycles. The second-order valence-corrected chi connectivity index (χ2v) is 7.38. The zero-order valence-corrected chi connectivity index (χ0v) is 15.7. The smallest absolute Gasteiger partial charge is 0.253 e. The van der Waals surface area contributed by atoms with Crippen molar-refractivity contribution in [3.05, 3.63) is 59.7 Å². The number of aryl methyl sites for hydroxylation is 1. The maximum atomic E-state index is 12.6. The van der Waals surface area contributed by atoms with Gasteiger partial charge in [0, 0.05) is 18.7 Å². The van der Waals surface area contributed by atoms with Crippen LogP contribution in [-0.4, -0.2) is 43.3 Å². The van der Waals surface area contributed by atoms with Gasteiger partial charge in [-0.3, -0.25) is 4.79 Å². The van der Waals surface area contributed by atoms with Gasteiger partial charge in [-0.15, -0.1) is 0 Å². The number of fused-ring (bicyclic) bond motifs is 1. The molecule has 1 saturated heterocycles. The van der Waals surface area contributed by atoms with Gasteiger partial charge in [0.1, 0.15) is 0 Å². The number of nitrogens with zero attached hydrogens (tertiary/aromatic N) is 1. The van der Waals surface area contributed by atoms with Crippen molar-refractivity contribution >= 4 is 5.91 Å². The highest BCUT2D eigenvalue weighted by molar-refractivity contribution is 5.94. The second-order valence-electron chi connectivity index (χ2n) is 7.38. The molecule has 0 spiro atoms. The minimum atomic E-state index is -0.259. The van der Waals surface area contributed by atoms with E-state index in [9.17, 15) is 4.79 Å². The van der Waals surface area contributed by atoms with E-state index in [0.29, 0.717) is 12.5 Å². The third kappa shape index (κ3) is 4.25. The van der Waals surface area contributed by atoms with Crippen molar-refractivity contribution in [1.29, 1.82) is 0 Å². The summed E-state index contributed by atoms with van der Waals surface area (Å²) in [6.07, 6.45) is 1.79. The molecule has 1 N–H and O–H groups in total. The topological polar surface area (TPSA) is 50.8 Å². The number of hydrogen-bond donors (Lipinski definition) is 1. The molecule has 0 aliphatic carbocycles. The Morgan fingerprint density at radius 2 is 1.74 bits per heavy atom. The monoisotopic (exact) mass is 366 g/mol. The normalized spacial score (nSPS) is 17.3. The molecule has 0 saturated carbocycles. The fourth-order valence-corrected chi connectivity index (χ4v) is 3.74. The van der Waals surface area contributed by atoms with Crippen LogP contribution in [0.2, 0.25) is 0 Å². The van der Waals surface area contributed by atoms with Crippen molar-refractivity contribution < 1.29 is 14.3 Å². The quantitative estimate of drug-likeness (QED) is 0.883. The van der Waals surface area contributed by atoms with E-state index in [1.807, 2.05) is 60.4 Å². The molecule has 2 aromatic carbocycles. The van der Waals surface area contributed by atoms with E-state index < -0.39 is 0 Å². The van der Waals surface area contributed by atoms with Gasteiger partial charge in [-0.05, 0) is 56.5 Å². The first-order chi connectivity index (χ1) is 13.2. The molecule has 2 heterocycles. The summed E-state index contributed by atoms with van der Waals surface area (Å²) < 4.78 is 11.5. The highest BCUT2D eigenvalue weighted by atomic mass is 16.7. The maximum Gasteiger partial charge on any atom is 0.253 e. The lowest BCUT2D eigenvalue weighted by molar-refractivity contribution is 0.0477. The molecule has 4 rings (SSSR count). The van der Waals surface area contributed by atoms with Crippen molar-refractivity contribution in [3.8, 4) is 11.5 Å². The van der Waals surface area contributed by atoms with Gasteiger partial charge in [0.15, 0.2) is 11.5 Å². The van der Waals surface area contributed by atoms with E-state index >= 15 is 0 Å².